The van der Waals surface area contributed by atoms with Crippen LogP contribution >= 0.6 is 0 Å². The third-order valence-electron chi connectivity index (χ3n) is 1.51. The highest BCUT2D eigenvalue weighted by atomic mass is 28.1. The van der Waals surface area contributed by atoms with E-state index < -0.39 is 0 Å². The third kappa shape index (κ3) is 6.02. The van der Waals surface area contributed by atoms with Gasteiger partial charge in [0.2, 0.25) is 0 Å². The molecule has 1 atom stereocenters. The monoisotopic (exact) mass is 146 g/mol. The van der Waals surface area contributed by atoms with Crippen molar-refractivity contribution in [1.29, 1.82) is 0 Å². The topological polar surface area (TPSA) is 38.0 Å². The first-order chi connectivity index (χ1) is 4.31. The van der Waals surface area contributed by atoms with Crippen LogP contribution in [0.1, 0.15) is 6.92 Å². The van der Waals surface area contributed by atoms with Crippen molar-refractivity contribution in [2.24, 2.45) is 11.7 Å². The van der Waals surface area contributed by atoms with E-state index in [1.807, 2.05) is 0 Å². The van der Waals surface area contributed by atoms with Crippen molar-refractivity contribution in [3.8, 4) is 0 Å². The van der Waals surface area contributed by atoms with Gasteiger partial charge in [-0.05, 0) is 12.5 Å². The number of hydrogen-bond donors (Lipinski definition) is 2. The zero-order chi connectivity index (χ0) is 7.11. The highest BCUT2D eigenvalue weighted by Gasteiger charge is 1.94. The SMILES string of the molecule is CC(C[SiH3])CNCCN. The molecule has 0 amide bonds. The Morgan fingerprint density at radius 3 is 2.78 bits per heavy atom. The van der Waals surface area contributed by atoms with E-state index in [1.165, 1.54) is 16.3 Å². The minimum Gasteiger partial charge on any atom is -0.329 e. The van der Waals surface area contributed by atoms with Gasteiger partial charge in [-0.1, -0.05) is 13.0 Å². The molecule has 3 heteroatoms. The second kappa shape index (κ2) is 6.26. The first kappa shape index (κ1) is 9.14. The van der Waals surface area contributed by atoms with Crippen molar-refractivity contribution in [2.45, 2.75) is 13.0 Å². The molecule has 0 heterocycles. The van der Waals surface area contributed by atoms with Gasteiger partial charge < -0.3 is 11.1 Å². The van der Waals surface area contributed by atoms with Gasteiger partial charge in [-0.15, -0.1) is 0 Å². The second-order valence-electron chi connectivity index (χ2n) is 2.51. The summed E-state index contributed by atoms with van der Waals surface area (Å²) in [6, 6.07) is 1.39. The van der Waals surface area contributed by atoms with Crippen LogP contribution in [0.25, 0.3) is 0 Å². The standard InChI is InChI=1S/C6H18N2Si/c1-6(5-9)4-8-3-2-7/h6,8H,2-5,7H2,1,9H3. The van der Waals surface area contributed by atoms with E-state index in [2.05, 4.69) is 12.2 Å². The molecule has 0 fully saturated rings. The molecular weight excluding hydrogens is 128 g/mol. The van der Waals surface area contributed by atoms with Crippen molar-refractivity contribution >= 4 is 10.2 Å². The van der Waals surface area contributed by atoms with Crippen molar-refractivity contribution in [3.63, 3.8) is 0 Å². The lowest BCUT2D eigenvalue weighted by Crippen LogP contribution is -2.26. The molecule has 0 aliphatic rings. The second-order valence-corrected chi connectivity index (χ2v) is 3.32. The minimum atomic E-state index is 0.758. The fourth-order valence-corrected chi connectivity index (χ4v) is 0.884. The van der Waals surface area contributed by atoms with Gasteiger partial charge in [0.1, 0.15) is 0 Å². The molecule has 3 N–H and O–H groups in total. The molecular formula is C6H18N2Si. The molecule has 2 nitrogen and oxygen atoms in total. The molecule has 9 heavy (non-hydrogen) atoms. The average molecular weight is 146 g/mol. The number of hydrogen-bond acceptors (Lipinski definition) is 2. The van der Waals surface area contributed by atoms with Crippen LogP contribution in [0.4, 0.5) is 0 Å². The van der Waals surface area contributed by atoms with Crippen LogP contribution in [-0.4, -0.2) is 29.9 Å². The van der Waals surface area contributed by atoms with Gasteiger partial charge in [0.05, 0.1) is 0 Å². The summed E-state index contributed by atoms with van der Waals surface area (Å²) in [5, 5.41) is 3.28. The minimum absolute atomic E-state index is 0.758. The maximum Gasteiger partial charge on any atom is 0.00746 e. The Balaban J connectivity index is 2.88. The van der Waals surface area contributed by atoms with Crippen LogP contribution in [0.3, 0.4) is 0 Å². The van der Waals surface area contributed by atoms with Gasteiger partial charge >= 0.3 is 0 Å². The summed E-state index contributed by atoms with van der Waals surface area (Å²) < 4.78 is 0. The Morgan fingerprint density at radius 1 is 1.67 bits per heavy atom. The van der Waals surface area contributed by atoms with Gasteiger partial charge in [0, 0.05) is 23.3 Å². The van der Waals surface area contributed by atoms with Crippen LogP contribution in [0, 0.1) is 5.92 Å². The average Bonchev–Trinajstić information content (AvgIpc) is 1.89. The van der Waals surface area contributed by atoms with E-state index in [1.54, 1.807) is 0 Å². The first-order valence-electron chi connectivity index (χ1n) is 3.72. The fourth-order valence-electron chi connectivity index (χ4n) is 0.595. The maximum absolute atomic E-state index is 5.30. The van der Waals surface area contributed by atoms with E-state index >= 15 is 0 Å². The molecule has 0 aliphatic heterocycles. The van der Waals surface area contributed by atoms with Crippen LogP contribution in [-0.2, 0) is 0 Å². The highest BCUT2D eigenvalue weighted by Crippen LogP contribution is 1.94. The van der Waals surface area contributed by atoms with Crippen LogP contribution in [0.2, 0.25) is 6.04 Å². The molecule has 0 aromatic carbocycles. The number of nitrogens with one attached hydrogen (secondary N) is 1. The van der Waals surface area contributed by atoms with Crippen molar-refractivity contribution in [3.05, 3.63) is 0 Å². The van der Waals surface area contributed by atoms with Gasteiger partial charge in [-0.2, -0.15) is 0 Å². The Bertz CT molecular complexity index is 59.0. The Hall–Kier alpha value is 0.137. The van der Waals surface area contributed by atoms with E-state index in [0.29, 0.717) is 0 Å². The molecule has 0 radical (unpaired) electrons. The normalized spacial score (nSPS) is 14.0. The van der Waals surface area contributed by atoms with Gasteiger partial charge in [0.15, 0.2) is 0 Å². The number of nitrogens with two attached hydrogens (primary N) is 1. The van der Waals surface area contributed by atoms with E-state index in [0.717, 1.165) is 25.6 Å². The summed E-state index contributed by atoms with van der Waals surface area (Å²) in [4.78, 5) is 0. The molecule has 0 aromatic heterocycles. The van der Waals surface area contributed by atoms with E-state index in [4.69, 9.17) is 5.73 Å². The summed E-state index contributed by atoms with van der Waals surface area (Å²) in [5.41, 5.74) is 5.30. The van der Waals surface area contributed by atoms with Crippen LogP contribution in [0.5, 0.6) is 0 Å². The van der Waals surface area contributed by atoms with Crippen molar-refractivity contribution < 1.29 is 0 Å². The molecule has 0 bridgehead atoms. The zero-order valence-electron chi connectivity index (χ0n) is 6.48. The quantitative estimate of drug-likeness (QED) is 0.384. The van der Waals surface area contributed by atoms with Gasteiger partial charge in [-0.3, -0.25) is 0 Å². The molecule has 0 spiro atoms. The van der Waals surface area contributed by atoms with E-state index in [9.17, 15) is 0 Å². The van der Waals surface area contributed by atoms with Crippen molar-refractivity contribution in [1.82, 2.24) is 5.32 Å². The molecule has 0 aliphatic carbocycles. The predicted molar refractivity (Wildman–Crippen MR) is 45.8 cm³/mol. The third-order valence-corrected chi connectivity index (χ3v) is 2.90. The molecule has 56 valence electrons. The largest absolute Gasteiger partial charge is 0.329 e. The number of rotatable bonds is 5. The maximum atomic E-state index is 5.30. The highest BCUT2D eigenvalue weighted by molar-refractivity contribution is 6.08. The lowest BCUT2D eigenvalue weighted by molar-refractivity contribution is 0.557. The molecule has 0 rings (SSSR count). The summed E-state index contributed by atoms with van der Waals surface area (Å²) >= 11 is 0. The summed E-state index contributed by atoms with van der Waals surface area (Å²) in [5.74, 6) is 0.850. The summed E-state index contributed by atoms with van der Waals surface area (Å²) in [6.07, 6.45) is 0. The Kier molecular flexibility index (Phi) is 6.35. The Labute approximate surface area is 60.6 Å². The molecule has 0 saturated carbocycles. The first-order valence-corrected chi connectivity index (χ1v) is 5.13. The smallest absolute Gasteiger partial charge is 0.00746 e. The lowest BCUT2D eigenvalue weighted by Gasteiger charge is -2.07. The molecule has 1 unspecified atom stereocenters. The predicted octanol–water partition coefficient (Wildman–Crippen LogP) is -1.05. The molecule has 0 aromatic rings. The van der Waals surface area contributed by atoms with Crippen molar-refractivity contribution in [2.75, 3.05) is 19.6 Å². The van der Waals surface area contributed by atoms with Gasteiger partial charge in [-0.25, -0.2) is 0 Å². The Morgan fingerprint density at radius 2 is 2.33 bits per heavy atom. The summed E-state index contributed by atoms with van der Waals surface area (Å²) in [7, 11) is 1.32. The molecule has 0 saturated heterocycles. The van der Waals surface area contributed by atoms with E-state index in [-0.39, 0.29) is 0 Å². The van der Waals surface area contributed by atoms with Crippen LogP contribution < -0.4 is 11.1 Å². The zero-order valence-corrected chi connectivity index (χ0v) is 8.48. The van der Waals surface area contributed by atoms with Crippen LogP contribution in [0.15, 0.2) is 0 Å². The summed E-state index contributed by atoms with van der Waals surface area (Å²) in [6.45, 7) is 5.14. The van der Waals surface area contributed by atoms with Gasteiger partial charge in [0.25, 0.3) is 0 Å². The fraction of sp³-hybridized carbons (Fsp3) is 1.00. The lowest BCUT2D eigenvalue weighted by atomic mass is 10.2.